The van der Waals surface area contributed by atoms with E-state index in [1.54, 1.807) is 12.1 Å². The second-order valence-corrected chi connectivity index (χ2v) is 2.54. The van der Waals surface area contributed by atoms with Gasteiger partial charge in [0.2, 0.25) is 0 Å². The summed E-state index contributed by atoms with van der Waals surface area (Å²) in [6, 6.07) is 6.31. The highest BCUT2D eigenvalue weighted by atomic mass is 35.5. The Morgan fingerprint density at radius 1 is 1.36 bits per heavy atom. The van der Waals surface area contributed by atoms with Gasteiger partial charge in [0.25, 0.3) is 5.69 Å². The van der Waals surface area contributed by atoms with E-state index in [9.17, 15) is 10.1 Å². The van der Waals surface area contributed by atoms with Gasteiger partial charge in [-0.1, -0.05) is 12.1 Å². The number of non-ortho nitro benzene ring substituents is 1. The maximum atomic E-state index is 10.3. The Hall–Kier alpha value is -1.17. The van der Waals surface area contributed by atoms with Crippen molar-refractivity contribution >= 4 is 18.1 Å². The molecule has 0 atom stereocenters. The van der Waals surface area contributed by atoms with E-state index < -0.39 is 4.92 Å². The maximum Gasteiger partial charge on any atom is 0.269 e. The average molecular weight is 219 g/mol. The van der Waals surface area contributed by atoms with Crippen molar-refractivity contribution in [3.8, 4) is 0 Å². The zero-order chi connectivity index (χ0) is 9.68. The molecule has 1 rings (SSSR count). The molecule has 14 heavy (non-hydrogen) atoms. The highest BCUT2D eigenvalue weighted by Crippen LogP contribution is 2.11. The molecule has 0 heterocycles. The fourth-order valence-electron chi connectivity index (χ4n) is 0.961. The molecule has 0 saturated heterocycles. The van der Waals surface area contributed by atoms with Crippen LogP contribution in [-0.2, 0) is 11.3 Å². The van der Waals surface area contributed by atoms with Gasteiger partial charge in [-0.2, -0.15) is 0 Å². The molecule has 6 heteroatoms. The van der Waals surface area contributed by atoms with Gasteiger partial charge in [0.1, 0.15) is 0 Å². The largest absolute Gasteiger partial charge is 0.304 e. The number of hydrogen-bond acceptors (Lipinski definition) is 4. The summed E-state index contributed by atoms with van der Waals surface area (Å²) < 4.78 is 0. The van der Waals surface area contributed by atoms with Crippen LogP contribution in [0, 0.1) is 10.1 Å². The van der Waals surface area contributed by atoms with Crippen LogP contribution in [-0.4, -0.2) is 11.5 Å². The number of hydrogen-bond donors (Lipinski definition) is 1. The normalized spacial score (nSPS) is 9.21. The minimum atomic E-state index is -0.427. The Bertz CT molecular complexity index is 289. The molecule has 0 aliphatic carbocycles. The summed E-state index contributed by atoms with van der Waals surface area (Å²) in [5.74, 6) is 4.85. The summed E-state index contributed by atoms with van der Waals surface area (Å²) in [4.78, 5) is 14.2. The van der Waals surface area contributed by atoms with E-state index in [0.717, 1.165) is 5.56 Å². The minimum absolute atomic E-state index is 0. The number of benzene rings is 1. The van der Waals surface area contributed by atoms with Crippen LogP contribution in [0.3, 0.4) is 0 Å². The SMILES string of the molecule is Cl.NOCCc1ccc([N+](=O)[O-])cc1. The van der Waals surface area contributed by atoms with E-state index in [2.05, 4.69) is 4.84 Å². The van der Waals surface area contributed by atoms with Crippen molar-refractivity contribution in [3.63, 3.8) is 0 Å². The first-order chi connectivity index (χ1) is 6.24. The van der Waals surface area contributed by atoms with Crippen molar-refractivity contribution in [2.45, 2.75) is 6.42 Å². The van der Waals surface area contributed by atoms with Gasteiger partial charge in [0, 0.05) is 12.1 Å². The van der Waals surface area contributed by atoms with Crippen molar-refractivity contribution in [3.05, 3.63) is 39.9 Å². The second-order valence-electron chi connectivity index (χ2n) is 2.54. The van der Waals surface area contributed by atoms with Crippen LogP contribution in [0.1, 0.15) is 5.56 Å². The Kier molecular flexibility index (Phi) is 5.78. The zero-order valence-electron chi connectivity index (χ0n) is 7.38. The highest BCUT2D eigenvalue weighted by molar-refractivity contribution is 5.85. The first kappa shape index (κ1) is 12.8. The molecule has 0 aliphatic rings. The third kappa shape index (κ3) is 3.69. The van der Waals surface area contributed by atoms with E-state index in [4.69, 9.17) is 5.90 Å². The van der Waals surface area contributed by atoms with Crippen LogP contribution >= 0.6 is 12.4 Å². The van der Waals surface area contributed by atoms with Gasteiger partial charge in [-0.3, -0.25) is 10.1 Å². The number of nitrogens with two attached hydrogens (primary N) is 1. The van der Waals surface area contributed by atoms with Crippen LogP contribution in [0.15, 0.2) is 24.3 Å². The number of halogens is 1. The highest BCUT2D eigenvalue weighted by Gasteiger charge is 2.02. The van der Waals surface area contributed by atoms with Gasteiger partial charge in [0.15, 0.2) is 0 Å². The van der Waals surface area contributed by atoms with Gasteiger partial charge < -0.3 is 4.84 Å². The van der Waals surface area contributed by atoms with Crippen LogP contribution in [0.2, 0.25) is 0 Å². The summed E-state index contributed by atoms with van der Waals surface area (Å²) in [6.45, 7) is 0.414. The Morgan fingerprint density at radius 2 is 1.93 bits per heavy atom. The molecule has 5 nitrogen and oxygen atoms in total. The Balaban J connectivity index is 0.00000169. The molecule has 0 spiro atoms. The topological polar surface area (TPSA) is 78.4 Å². The third-order valence-electron chi connectivity index (χ3n) is 1.66. The lowest BCUT2D eigenvalue weighted by molar-refractivity contribution is -0.384. The number of rotatable bonds is 4. The van der Waals surface area contributed by atoms with Gasteiger partial charge >= 0.3 is 0 Å². The summed E-state index contributed by atoms with van der Waals surface area (Å²) in [6.07, 6.45) is 0.661. The molecule has 0 amide bonds. The van der Waals surface area contributed by atoms with Crippen LogP contribution < -0.4 is 5.90 Å². The summed E-state index contributed by atoms with van der Waals surface area (Å²) in [7, 11) is 0. The summed E-state index contributed by atoms with van der Waals surface area (Å²) >= 11 is 0. The van der Waals surface area contributed by atoms with Crippen LogP contribution in [0.4, 0.5) is 5.69 Å². The van der Waals surface area contributed by atoms with Crippen LogP contribution in [0.5, 0.6) is 0 Å². The predicted octanol–water partition coefficient (Wildman–Crippen LogP) is 1.45. The number of nitrogens with zero attached hydrogens (tertiary/aromatic N) is 1. The second kappa shape index (κ2) is 6.31. The van der Waals surface area contributed by atoms with Gasteiger partial charge in [0.05, 0.1) is 11.5 Å². The molecule has 0 aromatic heterocycles. The van der Waals surface area contributed by atoms with Gasteiger partial charge in [-0.25, -0.2) is 5.90 Å². The van der Waals surface area contributed by atoms with Crippen molar-refractivity contribution in [1.29, 1.82) is 0 Å². The van der Waals surface area contributed by atoms with Crippen molar-refractivity contribution < 1.29 is 9.76 Å². The first-order valence-corrected chi connectivity index (χ1v) is 3.79. The molecule has 0 aliphatic heterocycles. The molecular formula is C8H11ClN2O3. The lowest BCUT2D eigenvalue weighted by Gasteiger charge is -1.98. The van der Waals surface area contributed by atoms with Gasteiger partial charge in [-0.15, -0.1) is 12.4 Å². The third-order valence-corrected chi connectivity index (χ3v) is 1.66. The Morgan fingerprint density at radius 3 is 2.36 bits per heavy atom. The molecule has 0 bridgehead atoms. The molecule has 1 aromatic rings. The molecule has 0 unspecified atom stereocenters. The van der Waals surface area contributed by atoms with Gasteiger partial charge in [-0.05, 0) is 12.0 Å². The summed E-state index contributed by atoms with van der Waals surface area (Å²) in [5.41, 5.74) is 1.06. The van der Waals surface area contributed by atoms with Crippen molar-refractivity contribution in [1.82, 2.24) is 0 Å². The predicted molar refractivity (Wildman–Crippen MR) is 54.2 cm³/mol. The maximum absolute atomic E-state index is 10.3. The molecule has 0 saturated carbocycles. The summed E-state index contributed by atoms with van der Waals surface area (Å²) in [5, 5.41) is 10.3. The van der Waals surface area contributed by atoms with E-state index in [1.807, 2.05) is 0 Å². The molecule has 0 fully saturated rings. The average Bonchev–Trinajstić information content (AvgIpc) is 2.15. The first-order valence-electron chi connectivity index (χ1n) is 3.79. The standard InChI is InChI=1S/C8H10N2O3.ClH/c9-13-6-5-7-1-3-8(4-2-7)10(11)12;/h1-4H,5-6,9H2;1H. The van der Waals surface area contributed by atoms with Crippen molar-refractivity contribution in [2.75, 3.05) is 6.61 Å². The zero-order valence-corrected chi connectivity index (χ0v) is 8.20. The minimum Gasteiger partial charge on any atom is -0.304 e. The van der Waals surface area contributed by atoms with E-state index >= 15 is 0 Å². The monoisotopic (exact) mass is 218 g/mol. The molecule has 0 radical (unpaired) electrons. The molecule has 2 N–H and O–H groups in total. The molecule has 1 aromatic carbocycles. The van der Waals surface area contributed by atoms with Crippen molar-refractivity contribution in [2.24, 2.45) is 5.90 Å². The van der Waals surface area contributed by atoms with E-state index in [0.29, 0.717) is 13.0 Å². The Labute approximate surface area is 87.4 Å². The number of nitro groups is 1. The molecule has 78 valence electrons. The fraction of sp³-hybridized carbons (Fsp3) is 0.250. The van der Waals surface area contributed by atoms with E-state index in [1.165, 1.54) is 12.1 Å². The fourth-order valence-corrected chi connectivity index (χ4v) is 0.961. The smallest absolute Gasteiger partial charge is 0.269 e. The van der Waals surface area contributed by atoms with E-state index in [-0.39, 0.29) is 18.1 Å². The van der Waals surface area contributed by atoms with Crippen LogP contribution in [0.25, 0.3) is 0 Å². The quantitative estimate of drug-likeness (QED) is 0.613. The lowest BCUT2D eigenvalue weighted by Crippen LogP contribution is -2.03. The number of nitro benzene ring substituents is 1. The lowest BCUT2D eigenvalue weighted by atomic mass is 10.1. The molecular weight excluding hydrogens is 208 g/mol.